The molecule has 0 spiro atoms. The maximum Gasteiger partial charge on any atom is 0.0240 e. The van der Waals surface area contributed by atoms with Crippen LogP contribution in [0.2, 0.25) is 0 Å². The molecule has 108 valence electrons. The van der Waals surface area contributed by atoms with Crippen molar-refractivity contribution in [3.05, 3.63) is 76.9 Å². The van der Waals surface area contributed by atoms with Crippen molar-refractivity contribution in [3.8, 4) is 0 Å². The van der Waals surface area contributed by atoms with Crippen LogP contribution in [0.15, 0.2) is 54.6 Å². The molecule has 0 aromatic heterocycles. The largest absolute Gasteiger partial charge is 0.295 e. The van der Waals surface area contributed by atoms with Crippen LogP contribution < -0.4 is 0 Å². The molecule has 1 aliphatic heterocycles. The van der Waals surface area contributed by atoms with Gasteiger partial charge in [0.25, 0.3) is 0 Å². The lowest BCUT2D eigenvalue weighted by atomic mass is 9.94. The Morgan fingerprint density at radius 3 is 2.57 bits per heavy atom. The van der Waals surface area contributed by atoms with Gasteiger partial charge in [-0.05, 0) is 48.1 Å². The smallest absolute Gasteiger partial charge is 0.0240 e. The SMILES string of the molecule is Cc1cccc(C2=CCCN(Cc3ccccc3)C2)c1C. The number of hydrogen-bond acceptors (Lipinski definition) is 1. The molecule has 0 atom stereocenters. The molecule has 3 rings (SSSR count). The minimum Gasteiger partial charge on any atom is -0.295 e. The van der Waals surface area contributed by atoms with Gasteiger partial charge in [0.15, 0.2) is 0 Å². The Hall–Kier alpha value is -1.86. The van der Waals surface area contributed by atoms with E-state index in [1.165, 1.54) is 27.8 Å². The fourth-order valence-electron chi connectivity index (χ4n) is 3.08. The third kappa shape index (κ3) is 3.25. The molecule has 0 saturated heterocycles. The van der Waals surface area contributed by atoms with Crippen LogP contribution in [0, 0.1) is 13.8 Å². The molecule has 1 aliphatic rings. The summed E-state index contributed by atoms with van der Waals surface area (Å²) in [6.07, 6.45) is 3.57. The van der Waals surface area contributed by atoms with Gasteiger partial charge in [-0.1, -0.05) is 54.6 Å². The molecule has 2 aromatic carbocycles. The topological polar surface area (TPSA) is 3.24 Å². The van der Waals surface area contributed by atoms with Gasteiger partial charge in [0.2, 0.25) is 0 Å². The van der Waals surface area contributed by atoms with Crippen molar-refractivity contribution in [2.45, 2.75) is 26.8 Å². The van der Waals surface area contributed by atoms with Gasteiger partial charge >= 0.3 is 0 Å². The summed E-state index contributed by atoms with van der Waals surface area (Å²) in [6, 6.07) is 17.4. The van der Waals surface area contributed by atoms with Gasteiger partial charge in [-0.15, -0.1) is 0 Å². The first-order valence-corrected chi connectivity index (χ1v) is 7.76. The molecule has 0 saturated carbocycles. The normalized spacial score (nSPS) is 15.8. The second-order valence-corrected chi connectivity index (χ2v) is 5.96. The highest BCUT2D eigenvalue weighted by Gasteiger charge is 2.15. The Balaban J connectivity index is 1.77. The molecule has 1 heteroatoms. The third-order valence-electron chi connectivity index (χ3n) is 4.43. The second kappa shape index (κ2) is 6.28. The van der Waals surface area contributed by atoms with E-state index in [2.05, 4.69) is 73.4 Å². The first-order valence-electron chi connectivity index (χ1n) is 7.76. The molecule has 0 fully saturated rings. The first kappa shape index (κ1) is 14.1. The van der Waals surface area contributed by atoms with E-state index in [0.717, 1.165) is 26.1 Å². The van der Waals surface area contributed by atoms with E-state index in [9.17, 15) is 0 Å². The molecule has 0 radical (unpaired) electrons. The lowest BCUT2D eigenvalue weighted by Gasteiger charge is -2.28. The fraction of sp³-hybridized carbons (Fsp3) is 0.300. The lowest BCUT2D eigenvalue weighted by molar-refractivity contribution is 0.296. The Bertz CT molecular complexity index is 640. The van der Waals surface area contributed by atoms with Crippen molar-refractivity contribution >= 4 is 5.57 Å². The van der Waals surface area contributed by atoms with Crippen LogP contribution in [-0.4, -0.2) is 18.0 Å². The van der Waals surface area contributed by atoms with Crippen molar-refractivity contribution in [2.75, 3.05) is 13.1 Å². The number of aryl methyl sites for hydroxylation is 1. The summed E-state index contributed by atoms with van der Waals surface area (Å²) >= 11 is 0. The zero-order valence-corrected chi connectivity index (χ0v) is 13.0. The Labute approximate surface area is 127 Å². The van der Waals surface area contributed by atoms with E-state index in [4.69, 9.17) is 0 Å². The zero-order valence-electron chi connectivity index (χ0n) is 13.0. The molecule has 0 N–H and O–H groups in total. The molecule has 1 heterocycles. The van der Waals surface area contributed by atoms with Gasteiger partial charge in [0.05, 0.1) is 0 Å². The van der Waals surface area contributed by atoms with Crippen LogP contribution in [-0.2, 0) is 6.54 Å². The van der Waals surface area contributed by atoms with Crippen LogP contribution in [0.5, 0.6) is 0 Å². The minimum absolute atomic E-state index is 1.04. The number of benzene rings is 2. The van der Waals surface area contributed by atoms with Crippen molar-refractivity contribution in [1.29, 1.82) is 0 Å². The van der Waals surface area contributed by atoms with Crippen molar-refractivity contribution in [3.63, 3.8) is 0 Å². The summed E-state index contributed by atoms with van der Waals surface area (Å²) in [5, 5.41) is 0. The highest BCUT2D eigenvalue weighted by Crippen LogP contribution is 2.26. The maximum atomic E-state index is 2.55. The molecule has 0 unspecified atom stereocenters. The van der Waals surface area contributed by atoms with Crippen molar-refractivity contribution in [1.82, 2.24) is 4.90 Å². The van der Waals surface area contributed by atoms with Gasteiger partial charge in [-0.3, -0.25) is 4.90 Å². The van der Waals surface area contributed by atoms with Crippen LogP contribution in [0.25, 0.3) is 5.57 Å². The van der Waals surface area contributed by atoms with E-state index in [1.54, 1.807) is 0 Å². The minimum atomic E-state index is 1.04. The Kier molecular flexibility index (Phi) is 4.21. The summed E-state index contributed by atoms with van der Waals surface area (Å²) in [5.74, 6) is 0. The molecule has 0 amide bonds. The van der Waals surface area contributed by atoms with Crippen molar-refractivity contribution in [2.24, 2.45) is 0 Å². The van der Waals surface area contributed by atoms with E-state index in [-0.39, 0.29) is 0 Å². The van der Waals surface area contributed by atoms with E-state index in [1.807, 2.05) is 0 Å². The van der Waals surface area contributed by atoms with Crippen molar-refractivity contribution < 1.29 is 0 Å². The van der Waals surface area contributed by atoms with Gasteiger partial charge in [-0.25, -0.2) is 0 Å². The molecular formula is C20H23N. The standard InChI is InChI=1S/C20H23N/c1-16-8-6-12-20(17(16)2)19-11-7-13-21(15-19)14-18-9-4-3-5-10-18/h3-6,8-12H,7,13-15H2,1-2H3. The van der Waals surface area contributed by atoms with Gasteiger partial charge in [0, 0.05) is 19.6 Å². The monoisotopic (exact) mass is 277 g/mol. The second-order valence-electron chi connectivity index (χ2n) is 5.96. The van der Waals surface area contributed by atoms with Crippen LogP contribution in [0.4, 0.5) is 0 Å². The molecule has 1 nitrogen and oxygen atoms in total. The molecule has 0 bridgehead atoms. The van der Waals surface area contributed by atoms with E-state index >= 15 is 0 Å². The molecular weight excluding hydrogens is 254 g/mol. The summed E-state index contributed by atoms with van der Waals surface area (Å²) in [7, 11) is 0. The fourth-order valence-corrected chi connectivity index (χ4v) is 3.08. The predicted octanol–water partition coefficient (Wildman–Crippen LogP) is 4.59. The van der Waals surface area contributed by atoms with Gasteiger partial charge in [-0.2, -0.15) is 0 Å². The molecule has 2 aromatic rings. The number of nitrogens with zero attached hydrogens (tertiary/aromatic N) is 1. The van der Waals surface area contributed by atoms with Crippen LogP contribution in [0.3, 0.4) is 0 Å². The average Bonchev–Trinajstić information content (AvgIpc) is 2.51. The lowest BCUT2D eigenvalue weighted by Crippen LogP contribution is -2.29. The third-order valence-corrected chi connectivity index (χ3v) is 4.43. The van der Waals surface area contributed by atoms with Crippen LogP contribution >= 0.6 is 0 Å². The summed E-state index contributed by atoms with van der Waals surface area (Å²) in [4.78, 5) is 2.55. The average molecular weight is 277 g/mol. The number of rotatable bonds is 3. The Morgan fingerprint density at radius 2 is 1.76 bits per heavy atom. The van der Waals surface area contributed by atoms with Crippen LogP contribution in [0.1, 0.15) is 28.7 Å². The quantitative estimate of drug-likeness (QED) is 0.793. The zero-order chi connectivity index (χ0) is 14.7. The summed E-state index contributed by atoms with van der Waals surface area (Å²) in [6.45, 7) is 7.69. The van der Waals surface area contributed by atoms with E-state index < -0.39 is 0 Å². The Morgan fingerprint density at radius 1 is 0.952 bits per heavy atom. The van der Waals surface area contributed by atoms with E-state index in [0.29, 0.717) is 0 Å². The maximum absolute atomic E-state index is 2.55. The van der Waals surface area contributed by atoms with Gasteiger partial charge in [0.1, 0.15) is 0 Å². The first-order chi connectivity index (χ1) is 10.2. The summed E-state index contributed by atoms with van der Waals surface area (Å²) in [5.41, 5.74) is 7.12. The number of hydrogen-bond donors (Lipinski definition) is 0. The predicted molar refractivity (Wildman–Crippen MR) is 90.2 cm³/mol. The van der Waals surface area contributed by atoms with Gasteiger partial charge < -0.3 is 0 Å². The highest BCUT2D eigenvalue weighted by atomic mass is 15.1. The highest BCUT2D eigenvalue weighted by molar-refractivity contribution is 5.70. The molecule has 0 aliphatic carbocycles. The summed E-state index contributed by atoms with van der Waals surface area (Å²) < 4.78 is 0. The molecule has 21 heavy (non-hydrogen) atoms.